The van der Waals surface area contributed by atoms with Gasteiger partial charge in [-0.15, -0.1) is 0 Å². The van der Waals surface area contributed by atoms with Gasteiger partial charge in [-0.05, 0) is 18.2 Å². The standard InChI is InChI=1S/C10H6ClFN2/c11-8-5-9(12)10(14-6-8)7-1-3-13-4-2-7/h1-6H. The molecular weight excluding hydrogens is 203 g/mol. The van der Waals surface area contributed by atoms with Crippen molar-refractivity contribution in [3.8, 4) is 11.3 Å². The molecule has 0 radical (unpaired) electrons. The quantitative estimate of drug-likeness (QED) is 0.720. The fourth-order valence-corrected chi connectivity index (χ4v) is 1.28. The molecule has 0 bridgehead atoms. The van der Waals surface area contributed by atoms with Gasteiger partial charge in [-0.1, -0.05) is 11.6 Å². The van der Waals surface area contributed by atoms with Crippen molar-refractivity contribution in [2.75, 3.05) is 0 Å². The number of hydrogen-bond acceptors (Lipinski definition) is 2. The molecule has 2 aromatic rings. The Morgan fingerprint density at radius 3 is 2.57 bits per heavy atom. The molecule has 0 saturated heterocycles. The van der Waals surface area contributed by atoms with E-state index in [0.29, 0.717) is 10.6 Å². The maximum atomic E-state index is 13.4. The first-order chi connectivity index (χ1) is 6.77. The zero-order chi connectivity index (χ0) is 9.97. The number of hydrogen-bond donors (Lipinski definition) is 0. The minimum Gasteiger partial charge on any atom is -0.265 e. The molecule has 0 fully saturated rings. The lowest BCUT2D eigenvalue weighted by molar-refractivity contribution is 0.626. The molecule has 0 saturated carbocycles. The first-order valence-electron chi connectivity index (χ1n) is 3.99. The van der Waals surface area contributed by atoms with Gasteiger partial charge in [0.25, 0.3) is 0 Å². The van der Waals surface area contributed by atoms with Gasteiger partial charge in [0.1, 0.15) is 5.69 Å². The molecule has 0 aliphatic heterocycles. The Balaban J connectivity index is 2.53. The van der Waals surface area contributed by atoms with Crippen LogP contribution in [0.3, 0.4) is 0 Å². The smallest absolute Gasteiger partial charge is 0.150 e. The van der Waals surface area contributed by atoms with Crippen LogP contribution in [-0.4, -0.2) is 9.97 Å². The molecule has 0 spiro atoms. The van der Waals surface area contributed by atoms with Crippen LogP contribution >= 0.6 is 11.6 Å². The van der Waals surface area contributed by atoms with E-state index in [9.17, 15) is 4.39 Å². The maximum absolute atomic E-state index is 13.4. The van der Waals surface area contributed by atoms with E-state index in [2.05, 4.69) is 9.97 Å². The van der Waals surface area contributed by atoms with Crippen molar-refractivity contribution in [3.05, 3.63) is 47.6 Å². The van der Waals surface area contributed by atoms with Crippen molar-refractivity contribution in [1.29, 1.82) is 0 Å². The first kappa shape index (κ1) is 9.09. The molecule has 0 amide bonds. The summed E-state index contributed by atoms with van der Waals surface area (Å²) in [5.41, 5.74) is 0.978. The van der Waals surface area contributed by atoms with Crippen LogP contribution in [0.1, 0.15) is 0 Å². The average molecular weight is 209 g/mol. The van der Waals surface area contributed by atoms with Gasteiger partial charge in [0, 0.05) is 24.2 Å². The van der Waals surface area contributed by atoms with E-state index in [1.54, 1.807) is 24.5 Å². The summed E-state index contributed by atoms with van der Waals surface area (Å²) in [5, 5.41) is 0.292. The molecular formula is C10H6ClFN2. The number of nitrogens with zero attached hydrogens (tertiary/aromatic N) is 2. The highest BCUT2D eigenvalue weighted by atomic mass is 35.5. The van der Waals surface area contributed by atoms with Gasteiger partial charge in [-0.3, -0.25) is 9.97 Å². The van der Waals surface area contributed by atoms with Crippen molar-refractivity contribution in [1.82, 2.24) is 9.97 Å². The second-order valence-electron chi connectivity index (χ2n) is 2.72. The van der Waals surface area contributed by atoms with Gasteiger partial charge in [0.05, 0.1) is 5.02 Å². The van der Waals surface area contributed by atoms with E-state index in [-0.39, 0.29) is 5.69 Å². The van der Waals surface area contributed by atoms with Crippen LogP contribution in [0.25, 0.3) is 11.3 Å². The van der Waals surface area contributed by atoms with Gasteiger partial charge in [0.2, 0.25) is 0 Å². The third-order valence-corrected chi connectivity index (χ3v) is 1.97. The van der Waals surface area contributed by atoms with Crippen LogP contribution in [0.15, 0.2) is 36.8 Å². The van der Waals surface area contributed by atoms with Gasteiger partial charge in [0.15, 0.2) is 5.82 Å². The minimum absolute atomic E-state index is 0.289. The third kappa shape index (κ3) is 1.72. The zero-order valence-corrected chi connectivity index (χ0v) is 7.87. The van der Waals surface area contributed by atoms with E-state index in [1.807, 2.05) is 0 Å². The summed E-state index contributed by atoms with van der Waals surface area (Å²) in [6, 6.07) is 4.63. The molecule has 0 N–H and O–H groups in total. The van der Waals surface area contributed by atoms with E-state index < -0.39 is 5.82 Å². The highest BCUT2D eigenvalue weighted by Gasteiger charge is 2.06. The van der Waals surface area contributed by atoms with Crippen LogP contribution < -0.4 is 0 Å². The fraction of sp³-hybridized carbons (Fsp3) is 0. The number of halogens is 2. The van der Waals surface area contributed by atoms with Crippen molar-refractivity contribution in [2.24, 2.45) is 0 Å². The first-order valence-corrected chi connectivity index (χ1v) is 4.36. The third-order valence-electron chi connectivity index (χ3n) is 1.76. The molecule has 2 rings (SSSR count). The summed E-state index contributed by atoms with van der Waals surface area (Å²) in [6.45, 7) is 0. The Bertz CT molecular complexity index is 445. The molecule has 0 aromatic carbocycles. The number of pyridine rings is 2. The van der Waals surface area contributed by atoms with Crippen molar-refractivity contribution in [3.63, 3.8) is 0 Å². The lowest BCUT2D eigenvalue weighted by Gasteiger charge is -2.01. The van der Waals surface area contributed by atoms with Gasteiger partial charge in [-0.2, -0.15) is 0 Å². The predicted octanol–water partition coefficient (Wildman–Crippen LogP) is 2.94. The Kier molecular flexibility index (Phi) is 2.41. The number of rotatable bonds is 1. The van der Waals surface area contributed by atoms with Crippen LogP contribution in [0, 0.1) is 5.82 Å². The largest absolute Gasteiger partial charge is 0.265 e. The van der Waals surface area contributed by atoms with Gasteiger partial charge in [-0.25, -0.2) is 4.39 Å². The summed E-state index contributed by atoms with van der Waals surface area (Å²) < 4.78 is 13.4. The minimum atomic E-state index is -0.427. The molecule has 2 aromatic heterocycles. The summed E-state index contributed by atoms with van der Waals surface area (Å²) in [6.07, 6.45) is 4.59. The van der Waals surface area contributed by atoms with Crippen molar-refractivity contribution >= 4 is 11.6 Å². The second kappa shape index (κ2) is 3.72. The van der Waals surface area contributed by atoms with Crippen molar-refractivity contribution in [2.45, 2.75) is 0 Å². The van der Waals surface area contributed by atoms with E-state index in [4.69, 9.17) is 11.6 Å². The van der Waals surface area contributed by atoms with Gasteiger partial charge >= 0.3 is 0 Å². The Hall–Kier alpha value is -1.48. The zero-order valence-electron chi connectivity index (χ0n) is 7.11. The lowest BCUT2D eigenvalue weighted by atomic mass is 10.2. The summed E-state index contributed by atoms with van der Waals surface area (Å²) >= 11 is 5.59. The summed E-state index contributed by atoms with van der Waals surface area (Å²) in [7, 11) is 0. The summed E-state index contributed by atoms with van der Waals surface area (Å²) in [4.78, 5) is 7.76. The topological polar surface area (TPSA) is 25.8 Å². The highest BCUT2D eigenvalue weighted by molar-refractivity contribution is 6.30. The second-order valence-corrected chi connectivity index (χ2v) is 3.16. The highest BCUT2D eigenvalue weighted by Crippen LogP contribution is 2.21. The number of aromatic nitrogens is 2. The molecule has 4 heteroatoms. The van der Waals surface area contributed by atoms with Crippen molar-refractivity contribution < 1.29 is 4.39 Å². The maximum Gasteiger partial charge on any atom is 0.150 e. The monoisotopic (exact) mass is 208 g/mol. The molecule has 0 unspecified atom stereocenters. The van der Waals surface area contributed by atoms with E-state index in [1.165, 1.54) is 12.3 Å². The average Bonchev–Trinajstić information content (AvgIpc) is 2.19. The van der Waals surface area contributed by atoms with Gasteiger partial charge < -0.3 is 0 Å². The molecule has 2 heterocycles. The Labute approximate surface area is 85.4 Å². The van der Waals surface area contributed by atoms with Crippen LogP contribution in [0.2, 0.25) is 5.02 Å². The van der Waals surface area contributed by atoms with E-state index >= 15 is 0 Å². The van der Waals surface area contributed by atoms with Crippen LogP contribution in [-0.2, 0) is 0 Å². The molecule has 14 heavy (non-hydrogen) atoms. The van der Waals surface area contributed by atoms with Crippen LogP contribution in [0.4, 0.5) is 4.39 Å². The molecule has 0 aliphatic rings. The molecule has 70 valence electrons. The molecule has 0 aliphatic carbocycles. The van der Waals surface area contributed by atoms with Crippen LogP contribution in [0.5, 0.6) is 0 Å². The SMILES string of the molecule is Fc1cc(Cl)cnc1-c1ccncc1. The Morgan fingerprint density at radius 1 is 1.21 bits per heavy atom. The molecule has 0 atom stereocenters. The predicted molar refractivity (Wildman–Crippen MR) is 52.4 cm³/mol. The summed E-state index contributed by atoms with van der Waals surface area (Å²) in [5.74, 6) is -0.427. The van der Waals surface area contributed by atoms with E-state index in [0.717, 1.165) is 0 Å². The normalized spacial score (nSPS) is 10.1. The molecule has 2 nitrogen and oxygen atoms in total. The Morgan fingerprint density at radius 2 is 1.93 bits per heavy atom. The lowest BCUT2D eigenvalue weighted by Crippen LogP contribution is -1.88. The fourth-order valence-electron chi connectivity index (χ4n) is 1.14.